The minimum atomic E-state index is -0.386. The van der Waals surface area contributed by atoms with Crippen LogP contribution in [0.15, 0.2) is 74.2 Å². The van der Waals surface area contributed by atoms with Crippen molar-refractivity contribution in [2.24, 2.45) is 0 Å². The summed E-state index contributed by atoms with van der Waals surface area (Å²) < 4.78 is 11.3. The molecule has 0 radical (unpaired) electrons. The summed E-state index contributed by atoms with van der Waals surface area (Å²) in [6.07, 6.45) is 2.99. The molecule has 0 amide bonds. The van der Waals surface area contributed by atoms with Gasteiger partial charge in [-0.25, -0.2) is 0 Å². The van der Waals surface area contributed by atoms with E-state index in [1.54, 1.807) is 0 Å². The summed E-state index contributed by atoms with van der Waals surface area (Å²) >= 11 is 0. The molecule has 0 heterocycles. The molecule has 0 aromatic heterocycles. The normalized spacial score (nSPS) is 12.4. The lowest BCUT2D eigenvalue weighted by Gasteiger charge is -2.30. The van der Waals surface area contributed by atoms with Crippen LogP contribution in [0.2, 0.25) is 0 Å². The highest BCUT2D eigenvalue weighted by atomic mass is 16.5. The first-order valence-corrected chi connectivity index (χ1v) is 9.34. The van der Waals surface area contributed by atoms with Gasteiger partial charge in [0.25, 0.3) is 0 Å². The average Bonchev–Trinajstić information content (AvgIpc) is 2.62. The van der Waals surface area contributed by atoms with Crippen molar-refractivity contribution in [3.63, 3.8) is 0 Å². The lowest BCUT2D eigenvalue weighted by atomic mass is 9.77. The maximum Gasteiger partial charge on any atom is 0.127 e. The molecule has 144 valence electrons. The van der Waals surface area contributed by atoms with Gasteiger partial charge in [0.1, 0.15) is 11.2 Å². The molecule has 0 unspecified atom stereocenters. The fraction of sp³-hybridized carbons (Fsp3) is 0.360. The quantitative estimate of drug-likeness (QED) is 0.479. The van der Waals surface area contributed by atoms with E-state index in [0.29, 0.717) is 0 Å². The molecule has 0 aliphatic rings. The van der Waals surface area contributed by atoms with Crippen molar-refractivity contribution < 1.29 is 9.47 Å². The highest BCUT2D eigenvalue weighted by molar-refractivity contribution is 5.41. The van der Waals surface area contributed by atoms with Gasteiger partial charge >= 0.3 is 0 Å². The van der Waals surface area contributed by atoms with E-state index in [-0.39, 0.29) is 16.6 Å². The van der Waals surface area contributed by atoms with Crippen molar-refractivity contribution in [2.75, 3.05) is 0 Å². The molecule has 0 atom stereocenters. The van der Waals surface area contributed by atoms with Crippen molar-refractivity contribution in [3.8, 4) is 0 Å². The number of ether oxygens (including phenoxy) is 2. The number of hydrogen-bond donors (Lipinski definition) is 0. The first kappa shape index (κ1) is 20.8. The SMILES string of the molecule is C=COC(C)(C)c1ccc(C(C)(C)c2ccc(C(C)(C)OC=C)cc2)cc1. The fourth-order valence-corrected chi connectivity index (χ4v) is 3.30. The molecule has 0 fully saturated rings. The van der Waals surface area contributed by atoms with Gasteiger partial charge in [0.05, 0.1) is 12.5 Å². The first-order valence-electron chi connectivity index (χ1n) is 9.34. The Hall–Kier alpha value is -2.48. The molecule has 2 nitrogen and oxygen atoms in total. The maximum atomic E-state index is 5.64. The van der Waals surface area contributed by atoms with Crippen LogP contribution in [-0.4, -0.2) is 0 Å². The molecule has 0 spiro atoms. The van der Waals surface area contributed by atoms with E-state index in [4.69, 9.17) is 9.47 Å². The van der Waals surface area contributed by atoms with E-state index in [1.165, 1.54) is 23.7 Å². The van der Waals surface area contributed by atoms with Crippen LogP contribution >= 0.6 is 0 Å². The van der Waals surface area contributed by atoms with Crippen LogP contribution in [0.5, 0.6) is 0 Å². The van der Waals surface area contributed by atoms with Gasteiger partial charge in [-0.3, -0.25) is 0 Å². The molecular weight excluding hydrogens is 332 g/mol. The number of rotatable bonds is 8. The largest absolute Gasteiger partial charge is 0.491 e. The smallest absolute Gasteiger partial charge is 0.127 e. The second-order valence-electron chi connectivity index (χ2n) is 8.37. The van der Waals surface area contributed by atoms with E-state index >= 15 is 0 Å². The van der Waals surface area contributed by atoms with Gasteiger partial charge in [-0.2, -0.15) is 0 Å². The summed E-state index contributed by atoms with van der Waals surface area (Å²) in [4.78, 5) is 0. The third-order valence-electron chi connectivity index (χ3n) is 5.36. The van der Waals surface area contributed by atoms with Gasteiger partial charge in [-0.05, 0) is 49.9 Å². The predicted octanol–water partition coefficient (Wildman–Crippen LogP) is 6.80. The van der Waals surface area contributed by atoms with Crippen molar-refractivity contribution in [3.05, 3.63) is 96.5 Å². The van der Waals surface area contributed by atoms with Gasteiger partial charge in [-0.15, -0.1) is 0 Å². The molecule has 2 rings (SSSR count). The summed E-state index contributed by atoms with van der Waals surface area (Å²) in [5.41, 5.74) is 3.89. The molecule has 2 aromatic carbocycles. The number of benzene rings is 2. The summed E-state index contributed by atoms with van der Waals surface area (Å²) in [6.45, 7) is 20.0. The van der Waals surface area contributed by atoms with E-state index < -0.39 is 0 Å². The van der Waals surface area contributed by atoms with Crippen molar-refractivity contribution in [1.29, 1.82) is 0 Å². The van der Waals surface area contributed by atoms with Crippen LogP contribution in [0.1, 0.15) is 63.8 Å². The molecule has 0 aliphatic carbocycles. The summed E-state index contributed by atoms with van der Waals surface area (Å²) in [7, 11) is 0. The minimum Gasteiger partial charge on any atom is -0.491 e. The van der Waals surface area contributed by atoms with Gasteiger partial charge in [0.15, 0.2) is 0 Å². The second-order valence-corrected chi connectivity index (χ2v) is 8.37. The van der Waals surface area contributed by atoms with E-state index in [0.717, 1.165) is 11.1 Å². The Bertz CT molecular complexity index is 711. The molecule has 27 heavy (non-hydrogen) atoms. The van der Waals surface area contributed by atoms with Crippen LogP contribution < -0.4 is 0 Å². The number of hydrogen-bond acceptors (Lipinski definition) is 2. The van der Waals surface area contributed by atoms with E-state index in [9.17, 15) is 0 Å². The van der Waals surface area contributed by atoms with E-state index in [2.05, 4.69) is 75.5 Å². The van der Waals surface area contributed by atoms with Crippen LogP contribution in [0.3, 0.4) is 0 Å². The van der Waals surface area contributed by atoms with Crippen LogP contribution in [0.4, 0.5) is 0 Å². The summed E-state index contributed by atoms with van der Waals surface area (Å²) in [5.74, 6) is 0. The summed E-state index contributed by atoms with van der Waals surface area (Å²) in [5, 5.41) is 0. The molecule has 0 N–H and O–H groups in total. The first-order chi connectivity index (χ1) is 12.5. The van der Waals surface area contributed by atoms with Gasteiger partial charge in [0.2, 0.25) is 0 Å². The monoisotopic (exact) mass is 364 g/mol. The van der Waals surface area contributed by atoms with Gasteiger partial charge in [0, 0.05) is 5.41 Å². The zero-order chi connectivity index (χ0) is 20.3. The van der Waals surface area contributed by atoms with Crippen molar-refractivity contribution >= 4 is 0 Å². The Labute approximate surface area is 164 Å². The lowest BCUT2D eigenvalue weighted by Crippen LogP contribution is -2.22. The minimum absolute atomic E-state index is 0.107. The summed E-state index contributed by atoms with van der Waals surface area (Å²) in [6, 6.07) is 17.3. The van der Waals surface area contributed by atoms with Crippen LogP contribution in [0, 0.1) is 0 Å². The van der Waals surface area contributed by atoms with Crippen molar-refractivity contribution in [1.82, 2.24) is 0 Å². The maximum absolute atomic E-state index is 5.64. The molecule has 0 bridgehead atoms. The highest BCUT2D eigenvalue weighted by Crippen LogP contribution is 2.35. The van der Waals surface area contributed by atoms with E-state index in [1.807, 2.05) is 27.7 Å². The fourth-order valence-electron chi connectivity index (χ4n) is 3.30. The molecule has 2 aromatic rings. The third-order valence-corrected chi connectivity index (χ3v) is 5.36. The highest BCUT2D eigenvalue weighted by Gasteiger charge is 2.27. The Morgan fingerprint density at radius 2 is 0.815 bits per heavy atom. The molecule has 0 aliphatic heterocycles. The lowest BCUT2D eigenvalue weighted by molar-refractivity contribution is 0.0557. The topological polar surface area (TPSA) is 18.5 Å². The molecule has 0 saturated carbocycles. The van der Waals surface area contributed by atoms with Crippen LogP contribution in [0.25, 0.3) is 0 Å². The van der Waals surface area contributed by atoms with Gasteiger partial charge in [-0.1, -0.05) is 75.5 Å². The van der Waals surface area contributed by atoms with Gasteiger partial charge < -0.3 is 9.47 Å². The Balaban J connectivity index is 2.30. The Kier molecular flexibility index (Phi) is 5.89. The zero-order valence-corrected chi connectivity index (χ0v) is 17.5. The van der Waals surface area contributed by atoms with Crippen molar-refractivity contribution in [2.45, 2.75) is 58.2 Å². The molecular formula is C25H32O2. The zero-order valence-electron chi connectivity index (χ0n) is 17.5. The molecule has 2 heteroatoms. The second kappa shape index (κ2) is 7.64. The van der Waals surface area contributed by atoms with Crippen LogP contribution in [-0.2, 0) is 26.1 Å². The Morgan fingerprint density at radius 3 is 1.07 bits per heavy atom. The Morgan fingerprint density at radius 1 is 0.556 bits per heavy atom. The third kappa shape index (κ3) is 4.44. The average molecular weight is 365 g/mol. The molecule has 0 saturated heterocycles. The standard InChI is InChI=1S/C25H32O2/c1-9-26-24(5,6)21-15-11-19(12-16-21)23(3,4)20-13-17-22(18-14-20)25(7,8)27-10-2/h9-18H,1-2H2,3-8H3. The predicted molar refractivity (Wildman–Crippen MR) is 114 cm³/mol.